The molecule has 1 atom stereocenters. The number of nitrogens with one attached hydrogen (secondary N) is 2. The van der Waals surface area contributed by atoms with Crippen LogP contribution in [-0.4, -0.2) is 18.0 Å². The lowest BCUT2D eigenvalue weighted by atomic mass is 9.99. The van der Waals surface area contributed by atoms with E-state index in [2.05, 4.69) is 10.6 Å². The lowest BCUT2D eigenvalue weighted by molar-refractivity contribution is -0.121. The van der Waals surface area contributed by atoms with Crippen LogP contribution in [0.3, 0.4) is 0 Å². The van der Waals surface area contributed by atoms with Gasteiger partial charge in [-0.15, -0.1) is 0 Å². The third-order valence-corrected chi connectivity index (χ3v) is 3.53. The minimum atomic E-state index is -0.495. The second-order valence-electron chi connectivity index (χ2n) is 4.90. The van der Waals surface area contributed by atoms with Gasteiger partial charge in [-0.3, -0.25) is 4.79 Å². The Morgan fingerprint density at radius 3 is 2.94 bits per heavy atom. The van der Waals surface area contributed by atoms with Crippen molar-refractivity contribution >= 4 is 17.3 Å². The number of rotatable bonds is 3. The molecular weight excluding hydrogens is 228 g/mol. The molecule has 1 aliphatic heterocycles. The van der Waals surface area contributed by atoms with Crippen molar-refractivity contribution in [2.45, 2.75) is 31.8 Å². The highest BCUT2D eigenvalue weighted by molar-refractivity contribution is 6.00. The van der Waals surface area contributed by atoms with Crippen LogP contribution in [0.1, 0.15) is 25.3 Å². The highest BCUT2D eigenvalue weighted by atomic mass is 16.2. The van der Waals surface area contributed by atoms with Gasteiger partial charge in [0, 0.05) is 6.54 Å². The van der Waals surface area contributed by atoms with E-state index < -0.39 is 5.54 Å². The Balaban J connectivity index is 2.16. The van der Waals surface area contributed by atoms with Crippen molar-refractivity contribution < 1.29 is 4.79 Å². The fourth-order valence-corrected chi connectivity index (χ4v) is 2.25. The first-order chi connectivity index (χ1) is 8.57. The molecule has 0 saturated carbocycles. The molecule has 1 aromatic rings. The van der Waals surface area contributed by atoms with Crippen molar-refractivity contribution in [3.05, 3.63) is 23.8 Å². The van der Waals surface area contributed by atoms with Crippen LogP contribution in [0.15, 0.2) is 18.2 Å². The molecule has 1 heterocycles. The Bertz CT molecular complexity index is 452. The van der Waals surface area contributed by atoms with Crippen LogP contribution >= 0.6 is 0 Å². The van der Waals surface area contributed by atoms with E-state index in [0.717, 1.165) is 24.9 Å². The summed E-state index contributed by atoms with van der Waals surface area (Å²) in [4.78, 5) is 12.2. The summed E-state index contributed by atoms with van der Waals surface area (Å²) in [7, 11) is 0. The van der Waals surface area contributed by atoms with E-state index in [0.29, 0.717) is 17.9 Å². The number of nitrogens with two attached hydrogens (primary N) is 2. The topological polar surface area (TPSA) is 93.2 Å². The summed E-state index contributed by atoms with van der Waals surface area (Å²) in [6, 6.07) is 5.50. The van der Waals surface area contributed by atoms with Crippen molar-refractivity contribution in [1.29, 1.82) is 0 Å². The van der Waals surface area contributed by atoms with E-state index >= 15 is 0 Å². The fourth-order valence-electron chi connectivity index (χ4n) is 2.25. The van der Waals surface area contributed by atoms with Gasteiger partial charge in [0.2, 0.25) is 5.91 Å². The van der Waals surface area contributed by atoms with Gasteiger partial charge in [0.05, 0.1) is 16.9 Å². The number of hydrogen-bond acceptors (Lipinski definition) is 4. The zero-order chi connectivity index (χ0) is 13.2. The van der Waals surface area contributed by atoms with Gasteiger partial charge in [-0.25, -0.2) is 0 Å². The summed E-state index contributed by atoms with van der Waals surface area (Å²) in [5.74, 6) is -0.0409. The summed E-state index contributed by atoms with van der Waals surface area (Å²) in [6.45, 7) is 3.16. The predicted molar refractivity (Wildman–Crippen MR) is 73.0 cm³/mol. The molecule has 1 aromatic carbocycles. The lowest BCUT2D eigenvalue weighted by Gasteiger charge is -2.23. The molecule has 0 spiro atoms. The van der Waals surface area contributed by atoms with Crippen molar-refractivity contribution in [3.63, 3.8) is 0 Å². The second kappa shape index (κ2) is 4.96. The predicted octanol–water partition coefficient (Wildman–Crippen LogP) is 0.808. The van der Waals surface area contributed by atoms with E-state index in [-0.39, 0.29) is 5.91 Å². The first-order valence-corrected chi connectivity index (χ1v) is 6.21. The minimum absolute atomic E-state index is 0.0409. The van der Waals surface area contributed by atoms with E-state index in [1.807, 2.05) is 19.1 Å². The monoisotopic (exact) mass is 248 g/mol. The molecule has 1 fully saturated rings. The molecule has 1 aliphatic rings. The van der Waals surface area contributed by atoms with Gasteiger partial charge >= 0.3 is 0 Å². The van der Waals surface area contributed by atoms with Gasteiger partial charge in [-0.1, -0.05) is 12.1 Å². The highest BCUT2D eigenvalue weighted by Crippen LogP contribution is 2.25. The molecule has 18 heavy (non-hydrogen) atoms. The number of carbonyl (C=O) groups excluding carboxylic acids is 1. The SMILES string of the molecule is C[C@@]1(C(=O)Nc2cccc(CN)c2N)CCCN1. The molecule has 2 rings (SSSR count). The van der Waals surface area contributed by atoms with E-state index in [4.69, 9.17) is 11.5 Å². The standard InChI is InChI=1S/C13H20N4O/c1-13(6-3-7-16-13)12(18)17-10-5-2-4-9(8-14)11(10)15/h2,4-5,16H,3,6-8,14-15H2,1H3,(H,17,18)/t13-/m0/s1. The Hall–Kier alpha value is -1.59. The van der Waals surface area contributed by atoms with Crippen molar-refractivity contribution in [2.75, 3.05) is 17.6 Å². The zero-order valence-corrected chi connectivity index (χ0v) is 10.6. The molecule has 1 saturated heterocycles. The van der Waals surface area contributed by atoms with Crippen LogP contribution in [0.2, 0.25) is 0 Å². The molecule has 5 heteroatoms. The van der Waals surface area contributed by atoms with Gasteiger partial charge in [0.15, 0.2) is 0 Å². The van der Waals surface area contributed by atoms with Crippen LogP contribution in [0.5, 0.6) is 0 Å². The van der Waals surface area contributed by atoms with Crippen molar-refractivity contribution in [3.8, 4) is 0 Å². The molecule has 98 valence electrons. The average molecular weight is 248 g/mol. The Kier molecular flexibility index (Phi) is 3.54. The first kappa shape index (κ1) is 12.9. The number of amides is 1. The smallest absolute Gasteiger partial charge is 0.244 e. The molecule has 0 radical (unpaired) electrons. The molecule has 0 aliphatic carbocycles. The Morgan fingerprint density at radius 2 is 2.33 bits per heavy atom. The van der Waals surface area contributed by atoms with Gasteiger partial charge in [-0.05, 0) is 37.9 Å². The number of benzene rings is 1. The van der Waals surface area contributed by atoms with E-state index in [1.165, 1.54) is 0 Å². The summed E-state index contributed by atoms with van der Waals surface area (Å²) in [5, 5.41) is 6.11. The summed E-state index contributed by atoms with van der Waals surface area (Å²) in [6.07, 6.45) is 1.86. The number of carbonyl (C=O) groups is 1. The summed E-state index contributed by atoms with van der Waals surface area (Å²) in [5.41, 5.74) is 13.1. The molecule has 5 nitrogen and oxygen atoms in total. The van der Waals surface area contributed by atoms with Crippen LogP contribution in [0.25, 0.3) is 0 Å². The van der Waals surface area contributed by atoms with Crippen LogP contribution in [0, 0.1) is 0 Å². The maximum Gasteiger partial charge on any atom is 0.244 e. The van der Waals surface area contributed by atoms with Crippen LogP contribution < -0.4 is 22.1 Å². The highest BCUT2D eigenvalue weighted by Gasteiger charge is 2.36. The summed E-state index contributed by atoms with van der Waals surface area (Å²) < 4.78 is 0. The van der Waals surface area contributed by atoms with Gasteiger partial charge < -0.3 is 22.1 Å². The van der Waals surface area contributed by atoms with E-state index in [1.54, 1.807) is 6.07 Å². The maximum absolute atomic E-state index is 12.2. The maximum atomic E-state index is 12.2. The molecule has 6 N–H and O–H groups in total. The Labute approximate surface area is 107 Å². The second-order valence-corrected chi connectivity index (χ2v) is 4.90. The summed E-state index contributed by atoms with van der Waals surface area (Å²) >= 11 is 0. The number of hydrogen-bond donors (Lipinski definition) is 4. The lowest BCUT2D eigenvalue weighted by Crippen LogP contribution is -2.48. The average Bonchev–Trinajstić information content (AvgIpc) is 2.80. The van der Waals surface area contributed by atoms with Gasteiger partial charge in [0.25, 0.3) is 0 Å². The fraction of sp³-hybridized carbons (Fsp3) is 0.462. The molecular formula is C13H20N4O. The van der Waals surface area contributed by atoms with Crippen LogP contribution in [-0.2, 0) is 11.3 Å². The molecule has 0 bridgehead atoms. The number of para-hydroxylation sites is 1. The number of anilines is 2. The van der Waals surface area contributed by atoms with Gasteiger partial charge in [0.1, 0.15) is 0 Å². The van der Waals surface area contributed by atoms with Crippen molar-refractivity contribution in [1.82, 2.24) is 5.32 Å². The van der Waals surface area contributed by atoms with Gasteiger partial charge in [-0.2, -0.15) is 0 Å². The molecule has 0 unspecified atom stereocenters. The van der Waals surface area contributed by atoms with E-state index in [9.17, 15) is 4.79 Å². The minimum Gasteiger partial charge on any atom is -0.397 e. The third-order valence-electron chi connectivity index (χ3n) is 3.53. The number of nitrogen functional groups attached to an aromatic ring is 1. The van der Waals surface area contributed by atoms with Crippen molar-refractivity contribution in [2.24, 2.45) is 5.73 Å². The van der Waals surface area contributed by atoms with Crippen LogP contribution in [0.4, 0.5) is 11.4 Å². The zero-order valence-electron chi connectivity index (χ0n) is 10.6. The molecule has 1 amide bonds. The largest absolute Gasteiger partial charge is 0.397 e. The quantitative estimate of drug-likeness (QED) is 0.595. The Morgan fingerprint density at radius 1 is 1.56 bits per heavy atom. The first-order valence-electron chi connectivity index (χ1n) is 6.21. The molecule has 0 aromatic heterocycles. The third kappa shape index (κ3) is 2.32. The normalized spacial score (nSPS) is 23.0.